The fourth-order valence-corrected chi connectivity index (χ4v) is 15.0. The molecule has 0 heterocycles. The summed E-state index contributed by atoms with van der Waals surface area (Å²) in [4.78, 5) is 25.5. The fraction of sp³-hybridized carbons (Fsp3) is 0.543. The number of hydrogen-bond acceptors (Lipinski definition) is 10. The Labute approximate surface area is 488 Å². The third kappa shape index (κ3) is 14.6. The minimum absolute atomic E-state index is 0.0189. The lowest BCUT2D eigenvalue weighted by Gasteiger charge is -2.49. The van der Waals surface area contributed by atoms with Crippen molar-refractivity contribution in [3.05, 3.63) is 160 Å². The van der Waals surface area contributed by atoms with E-state index >= 15 is 0 Å². The molecule has 0 aliphatic heterocycles. The summed E-state index contributed by atoms with van der Waals surface area (Å²) in [6.07, 6.45) is 20.3. The van der Waals surface area contributed by atoms with E-state index in [1.807, 2.05) is 66.7 Å². The van der Waals surface area contributed by atoms with Crippen molar-refractivity contribution >= 4 is 12.2 Å². The summed E-state index contributed by atoms with van der Waals surface area (Å²) in [5.41, 5.74) is 16.5. The highest BCUT2D eigenvalue weighted by Gasteiger charge is 2.49. The number of ether oxygens (including phenoxy) is 6. The Balaban J connectivity index is 0.000000151. The molecule has 12 nitrogen and oxygen atoms in total. The molecule has 442 valence electrons. The molecule has 3 fully saturated rings. The van der Waals surface area contributed by atoms with E-state index in [4.69, 9.17) is 34.2 Å². The summed E-state index contributed by atoms with van der Waals surface area (Å²) in [5, 5.41) is 16.6. The zero-order chi connectivity index (χ0) is 57.5. The van der Waals surface area contributed by atoms with Gasteiger partial charge in [-0.2, -0.15) is 0 Å². The average molecular weight is 1120 g/mol. The Morgan fingerprint density at radius 3 is 1.37 bits per heavy atom. The first-order valence-electron chi connectivity index (χ1n) is 30.8. The van der Waals surface area contributed by atoms with Crippen LogP contribution in [0, 0.1) is 17.8 Å². The van der Waals surface area contributed by atoms with Crippen LogP contribution in [0.25, 0.3) is 0 Å². The van der Waals surface area contributed by atoms with Gasteiger partial charge in [0, 0.05) is 48.6 Å². The topological polar surface area (TPSA) is 160 Å². The number of phenolic OH excluding ortho intramolecular Hbond substituents is 1. The molecule has 3 saturated carbocycles. The monoisotopic (exact) mass is 1120 g/mol. The first-order chi connectivity index (χ1) is 39.8. The van der Waals surface area contributed by atoms with Crippen molar-refractivity contribution < 1.29 is 43.1 Å². The molecule has 0 radical (unpaired) electrons. The van der Waals surface area contributed by atoms with Crippen LogP contribution in [-0.2, 0) is 67.7 Å². The smallest absolute Gasteiger partial charge is 0.407 e. The standard InChI is InChI=1S/C27H35NO4.C24H29NO3.C19H29NO2/c1-27-14-8-4-7-11-22(17-21-12-13-23(18-24(21)27)31-16-15-30-2)25(27)28-26(29)32-19-20-9-5-3-6-10-20;1-24-13-7-3-6-10-19(14-18-11-12-20(26)15-21(18)24)22(24)25-23(27)28-16-17-8-4-2-5-9-17;1-19-9-5-3-4-6-15(18(19)20)12-14-7-8-16(13-17(14)19)22-11-10-21-2/h3,5-6,9-10,12-13,18,22,25H,4,7-8,11,14-17,19H2,1-2H3,(H,28,29);2,4-5,8-9,11-12,15,19,22,26H,3,6-7,10,13-14,16H2,1H3,(H,25,27);7-8,13,15,18H,3-6,9-12,20H2,1-2H3/t22-,25-,27+;19-,22-,24+;15-,18-,19+/m000/s1. The fourth-order valence-electron chi connectivity index (χ4n) is 15.0. The minimum atomic E-state index is -0.353. The van der Waals surface area contributed by atoms with Gasteiger partial charge >= 0.3 is 12.2 Å². The highest BCUT2D eigenvalue weighted by molar-refractivity contribution is 5.69. The number of nitrogens with one attached hydrogen (secondary N) is 2. The van der Waals surface area contributed by atoms with E-state index in [9.17, 15) is 14.7 Å². The summed E-state index contributed by atoms with van der Waals surface area (Å²) in [6.45, 7) is 9.79. The van der Waals surface area contributed by atoms with Gasteiger partial charge in [0.1, 0.15) is 43.7 Å². The Kier molecular flexibility index (Phi) is 21.0. The third-order valence-electron chi connectivity index (χ3n) is 19.5. The molecule has 0 spiro atoms. The van der Waals surface area contributed by atoms with E-state index in [0.29, 0.717) is 49.9 Å². The number of carbonyl (C=O) groups excluding carboxylic acids is 2. The van der Waals surface area contributed by atoms with Gasteiger partial charge in [-0.1, -0.05) is 157 Å². The summed E-state index contributed by atoms with van der Waals surface area (Å²) < 4.78 is 33.1. The van der Waals surface area contributed by atoms with Crippen LogP contribution in [0.1, 0.15) is 162 Å². The number of aromatic hydroxyl groups is 1. The van der Waals surface area contributed by atoms with E-state index in [-0.39, 0.29) is 59.8 Å². The maximum atomic E-state index is 12.8. The molecule has 6 aliphatic rings. The first-order valence-corrected chi connectivity index (χ1v) is 30.8. The number of amides is 2. The molecule has 12 heteroatoms. The summed E-state index contributed by atoms with van der Waals surface area (Å²) in [6, 6.07) is 38.7. The average Bonchev–Trinajstić information content (AvgIpc) is 1.73. The quantitative estimate of drug-likeness (QED) is 0.0788. The second kappa shape index (κ2) is 28.5. The minimum Gasteiger partial charge on any atom is -0.508 e. The van der Waals surface area contributed by atoms with Crippen LogP contribution < -0.4 is 25.8 Å². The van der Waals surface area contributed by atoms with Gasteiger partial charge in [0.25, 0.3) is 0 Å². The molecular formula is C70H93N3O9. The van der Waals surface area contributed by atoms with Crippen molar-refractivity contribution in [2.45, 2.75) is 184 Å². The molecule has 11 rings (SSSR count). The molecule has 5 aromatic carbocycles. The number of phenols is 1. The SMILES string of the molecule is COCCOc1ccc2c(c1)[C@@]1(C)CCCCC[C@@H](C2)[C@@H]1N.COCCOc1ccc2c(c1)[C@@]1(C)CCCCC[C@@H](C2)[C@@H]1NC(=O)OCc1ccccc1.C[C@@]12CCCCC[C@@H](Cc3ccc(O)cc31)[C@@H]2NC(=O)OCc1ccccc1. The molecule has 5 N–H and O–H groups in total. The van der Waals surface area contributed by atoms with Crippen molar-refractivity contribution in [1.29, 1.82) is 0 Å². The molecule has 0 unspecified atom stereocenters. The van der Waals surface area contributed by atoms with Crippen LogP contribution in [0.15, 0.2) is 115 Å². The normalized spacial score (nSPS) is 27.0. The lowest BCUT2D eigenvalue weighted by Crippen LogP contribution is -2.57. The Morgan fingerprint density at radius 2 is 0.902 bits per heavy atom. The van der Waals surface area contributed by atoms with Crippen molar-refractivity contribution in [2.24, 2.45) is 23.5 Å². The van der Waals surface area contributed by atoms with Gasteiger partial charge in [-0.3, -0.25) is 0 Å². The maximum absolute atomic E-state index is 12.8. The Hall–Kier alpha value is -6.08. The van der Waals surface area contributed by atoms with Gasteiger partial charge in [-0.15, -0.1) is 0 Å². The zero-order valence-electron chi connectivity index (χ0n) is 49.7. The Morgan fingerprint density at radius 1 is 0.500 bits per heavy atom. The number of rotatable bonds is 14. The lowest BCUT2D eigenvalue weighted by molar-refractivity contribution is 0.109. The van der Waals surface area contributed by atoms with Gasteiger partial charge in [-0.25, -0.2) is 9.59 Å². The van der Waals surface area contributed by atoms with Gasteiger partial charge in [0.05, 0.1) is 13.2 Å². The van der Waals surface area contributed by atoms with E-state index in [1.165, 1.54) is 91.2 Å². The van der Waals surface area contributed by atoms with Crippen LogP contribution in [0.5, 0.6) is 17.2 Å². The van der Waals surface area contributed by atoms with Crippen molar-refractivity contribution in [2.75, 3.05) is 40.6 Å². The zero-order valence-corrected chi connectivity index (χ0v) is 49.7. The summed E-state index contributed by atoms with van der Waals surface area (Å²) in [7, 11) is 3.38. The second-order valence-electron chi connectivity index (χ2n) is 25.0. The number of hydrogen-bond donors (Lipinski definition) is 4. The number of carbonyl (C=O) groups is 2. The van der Waals surface area contributed by atoms with E-state index in [0.717, 1.165) is 80.4 Å². The largest absolute Gasteiger partial charge is 0.508 e. The van der Waals surface area contributed by atoms with Crippen molar-refractivity contribution in [1.82, 2.24) is 10.6 Å². The van der Waals surface area contributed by atoms with Gasteiger partial charge in [0.2, 0.25) is 0 Å². The Bertz CT molecular complexity index is 2850. The van der Waals surface area contributed by atoms with E-state index in [1.54, 1.807) is 20.3 Å². The van der Waals surface area contributed by atoms with Crippen LogP contribution in [0.3, 0.4) is 0 Å². The molecule has 6 aliphatic carbocycles. The molecule has 0 saturated heterocycles. The van der Waals surface area contributed by atoms with E-state index in [2.05, 4.69) is 73.9 Å². The number of nitrogens with two attached hydrogens (primary N) is 1. The van der Waals surface area contributed by atoms with Crippen LogP contribution in [0.2, 0.25) is 0 Å². The first kappa shape index (κ1) is 60.5. The van der Waals surface area contributed by atoms with Crippen LogP contribution in [0.4, 0.5) is 9.59 Å². The highest BCUT2D eigenvalue weighted by Crippen LogP contribution is 2.50. The second-order valence-corrected chi connectivity index (χ2v) is 25.0. The predicted octanol–water partition coefficient (Wildman–Crippen LogP) is 13.9. The molecule has 5 aromatic rings. The van der Waals surface area contributed by atoms with Gasteiger partial charge in [-0.05, 0) is 156 Å². The summed E-state index contributed by atoms with van der Waals surface area (Å²) >= 11 is 0. The lowest BCUT2D eigenvalue weighted by atomic mass is 9.59. The van der Waals surface area contributed by atoms with Crippen molar-refractivity contribution in [3.8, 4) is 17.2 Å². The maximum Gasteiger partial charge on any atom is 0.407 e. The van der Waals surface area contributed by atoms with E-state index < -0.39 is 0 Å². The molecule has 9 atom stereocenters. The number of methoxy groups -OCH3 is 2. The molecule has 82 heavy (non-hydrogen) atoms. The molecular weight excluding hydrogens is 1030 g/mol. The molecule has 0 aromatic heterocycles. The highest BCUT2D eigenvalue weighted by atomic mass is 16.6. The molecule has 2 amide bonds. The van der Waals surface area contributed by atoms with Crippen molar-refractivity contribution in [3.63, 3.8) is 0 Å². The predicted molar refractivity (Wildman–Crippen MR) is 324 cm³/mol. The third-order valence-corrected chi connectivity index (χ3v) is 19.5. The number of fused-ring (bicyclic) bond motifs is 12. The summed E-state index contributed by atoms with van der Waals surface area (Å²) in [5.74, 6) is 3.56. The van der Waals surface area contributed by atoms with Gasteiger partial charge < -0.3 is 49.9 Å². The van der Waals surface area contributed by atoms with Gasteiger partial charge in [0.15, 0.2) is 0 Å². The van der Waals surface area contributed by atoms with Crippen LogP contribution in [-0.4, -0.2) is 76.1 Å². The number of benzene rings is 5. The number of alkyl carbamates (subject to hydrolysis) is 2. The van der Waals surface area contributed by atoms with Crippen LogP contribution >= 0.6 is 0 Å². The molecule has 6 bridgehead atoms.